The minimum atomic E-state index is -4.88. The van der Waals surface area contributed by atoms with Crippen molar-refractivity contribution in [2.24, 2.45) is 0 Å². The van der Waals surface area contributed by atoms with E-state index >= 15 is 0 Å². The van der Waals surface area contributed by atoms with Gasteiger partial charge in [-0.15, -0.1) is 13.2 Å². The standard InChI is InChI=1S/C19H20F3N5O5S/c1-18(2)16(28)27(13-4-6-14(7-5-13)32-19(20,21)22)17(29)26(18)11-12-8-9-24-10-15(12)25-33(30,31)23-3/h4-10,23,25H,11H2,1-3H3. The molecular weight excluding hydrogens is 467 g/mol. The minimum Gasteiger partial charge on any atom is -0.406 e. The van der Waals surface area contributed by atoms with Crippen LogP contribution in [-0.2, 0) is 21.5 Å². The second-order valence-electron chi connectivity index (χ2n) is 7.45. The van der Waals surface area contributed by atoms with Crippen molar-refractivity contribution in [1.82, 2.24) is 14.6 Å². The summed E-state index contributed by atoms with van der Waals surface area (Å²) in [6, 6.07) is 5.07. The second-order valence-corrected chi connectivity index (χ2v) is 9.07. The number of hydrogen-bond acceptors (Lipinski definition) is 6. The average Bonchev–Trinajstić information content (AvgIpc) is 2.88. The topological polar surface area (TPSA) is 121 Å². The summed E-state index contributed by atoms with van der Waals surface area (Å²) in [6.07, 6.45) is -2.22. The molecule has 0 atom stereocenters. The maximum atomic E-state index is 13.2. The van der Waals surface area contributed by atoms with Crippen LogP contribution in [0.5, 0.6) is 5.75 Å². The van der Waals surface area contributed by atoms with Crippen molar-refractivity contribution in [2.75, 3.05) is 16.7 Å². The molecule has 0 spiro atoms. The van der Waals surface area contributed by atoms with E-state index in [1.54, 1.807) is 0 Å². The van der Waals surface area contributed by atoms with Crippen LogP contribution in [0.15, 0.2) is 42.7 Å². The number of carbonyl (C=O) groups excluding carboxylic acids is 2. The number of anilines is 2. The number of alkyl halides is 3. The molecule has 10 nitrogen and oxygen atoms in total. The molecule has 14 heteroatoms. The highest BCUT2D eigenvalue weighted by Crippen LogP contribution is 2.35. The summed E-state index contributed by atoms with van der Waals surface area (Å²) >= 11 is 0. The van der Waals surface area contributed by atoms with E-state index in [0.717, 1.165) is 29.2 Å². The molecule has 1 aromatic heterocycles. The molecule has 3 amide bonds. The molecule has 0 saturated carbocycles. The molecule has 1 aromatic carbocycles. The Labute approximate surface area is 187 Å². The smallest absolute Gasteiger partial charge is 0.406 e. The van der Waals surface area contributed by atoms with Crippen molar-refractivity contribution in [3.63, 3.8) is 0 Å². The lowest BCUT2D eigenvalue weighted by Gasteiger charge is -2.28. The molecule has 2 heterocycles. The fraction of sp³-hybridized carbons (Fsp3) is 0.316. The fourth-order valence-corrected chi connectivity index (χ4v) is 3.72. The Bertz CT molecular complexity index is 1170. The summed E-state index contributed by atoms with van der Waals surface area (Å²) in [5.74, 6) is -1.11. The Morgan fingerprint density at radius 3 is 2.33 bits per heavy atom. The summed E-state index contributed by atoms with van der Waals surface area (Å²) in [7, 11) is -2.65. The zero-order chi connectivity index (χ0) is 24.6. The quantitative estimate of drug-likeness (QED) is 0.580. The lowest BCUT2D eigenvalue weighted by atomic mass is 10.0. The van der Waals surface area contributed by atoms with E-state index in [2.05, 4.69) is 19.2 Å². The number of pyridine rings is 1. The number of nitrogens with one attached hydrogen (secondary N) is 2. The molecule has 2 aromatic rings. The number of halogens is 3. The lowest BCUT2D eigenvalue weighted by molar-refractivity contribution is -0.274. The number of urea groups is 1. The highest BCUT2D eigenvalue weighted by molar-refractivity contribution is 7.90. The van der Waals surface area contributed by atoms with Gasteiger partial charge in [-0.3, -0.25) is 14.5 Å². The van der Waals surface area contributed by atoms with Crippen LogP contribution in [0.1, 0.15) is 19.4 Å². The molecule has 1 aliphatic heterocycles. The number of ether oxygens (including phenoxy) is 1. The molecule has 1 saturated heterocycles. The molecule has 1 aliphatic rings. The van der Waals surface area contributed by atoms with Crippen LogP contribution >= 0.6 is 0 Å². The predicted molar refractivity (Wildman–Crippen MR) is 111 cm³/mol. The van der Waals surface area contributed by atoms with Gasteiger partial charge >= 0.3 is 12.4 Å². The van der Waals surface area contributed by atoms with Gasteiger partial charge in [-0.1, -0.05) is 0 Å². The lowest BCUT2D eigenvalue weighted by Crippen LogP contribution is -2.43. The number of rotatable bonds is 7. The SMILES string of the molecule is CNS(=O)(=O)Nc1cnccc1CN1C(=O)N(c2ccc(OC(F)(F)F)cc2)C(=O)C1(C)C. The van der Waals surface area contributed by atoms with Gasteiger partial charge in [0.2, 0.25) is 0 Å². The maximum Gasteiger partial charge on any atom is 0.573 e. The summed E-state index contributed by atoms with van der Waals surface area (Å²) in [4.78, 5) is 32.1. The van der Waals surface area contributed by atoms with E-state index < -0.39 is 39.8 Å². The number of amides is 3. The maximum absolute atomic E-state index is 13.2. The van der Waals surface area contributed by atoms with E-state index in [1.165, 1.54) is 44.3 Å². The molecule has 0 aliphatic carbocycles. The predicted octanol–water partition coefficient (Wildman–Crippen LogP) is 2.60. The number of hydrogen-bond donors (Lipinski definition) is 2. The molecule has 1 fully saturated rings. The first kappa shape index (κ1) is 24.3. The minimum absolute atomic E-state index is 0.0564. The van der Waals surface area contributed by atoms with Crippen LogP contribution in [0.4, 0.5) is 29.3 Å². The van der Waals surface area contributed by atoms with Gasteiger partial charge in [0.1, 0.15) is 11.3 Å². The van der Waals surface area contributed by atoms with Gasteiger partial charge in [-0.25, -0.2) is 14.4 Å². The first-order chi connectivity index (χ1) is 15.2. The van der Waals surface area contributed by atoms with E-state index in [9.17, 15) is 31.2 Å². The van der Waals surface area contributed by atoms with Crippen molar-refractivity contribution in [3.05, 3.63) is 48.3 Å². The number of benzene rings is 1. The molecule has 0 radical (unpaired) electrons. The Kier molecular flexibility index (Phi) is 6.26. The van der Waals surface area contributed by atoms with E-state index in [0.29, 0.717) is 5.56 Å². The summed E-state index contributed by atoms with van der Waals surface area (Å²) in [5.41, 5.74) is -0.801. The van der Waals surface area contributed by atoms with Crippen molar-refractivity contribution in [1.29, 1.82) is 0 Å². The van der Waals surface area contributed by atoms with Gasteiger partial charge in [0.25, 0.3) is 16.1 Å². The van der Waals surface area contributed by atoms with E-state index in [4.69, 9.17) is 0 Å². The van der Waals surface area contributed by atoms with E-state index in [-0.39, 0.29) is 17.9 Å². The van der Waals surface area contributed by atoms with Crippen molar-refractivity contribution < 1.29 is 35.9 Å². The van der Waals surface area contributed by atoms with Gasteiger partial charge in [0, 0.05) is 13.2 Å². The zero-order valence-electron chi connectivity index (χ0n) is 17.7. The Morgan fingerprint density at radius 1 is 1.12 bits per heavy atom. The molecule has 0 bridgehead atoms. The molecule has 3 rings (SSSR count). The third-order valence-corrected chi connectivity index (χ3v) is 5.93. The highest BCUT2D eigenvalue weighted by atomic mass is 32.2. The van der Waals surface area contributed by atoms with Gasteiger partial charge in [0.05, 0.1) is 24.1 Å². The fourth-order valence-electron chi connectivity index (χ4n) is 3.14. The summed E-state index contributed by atoms with van der Waals surface area (Å²) < 4.78 is 69.1. The molecule has 2 N–H and O–H groups in total. The summed E-state index contributed by atoms with van der Waals surface area (Å²) in [6.45, 7) is 2.87. The van der Waals surface area contributed by atoms with Gasteiger partial charge < -0.3 is 9.64 Å². The van der Waals surface area contributed by atoms with Gasteiger partial charge in [-0.2, -0.15) is 8.42 Å². The van der Waals surface area contributed by atoms with Crippen LogP contribution in [0.25, 0.3) is 0 Å². The Hall–Kier alpha value is -3.39. The normalized spacial score (nSPS) is 16.3. The number of imide groups is 1. The Morgan fingerprint density at radius 2 is 1.76 bits per heavy atom. The number of aromatic nitrogens is 1. The van der Waals surface area contributed by atoms with Crippen LogP contribution in [0, 0.1) is 0 Å². The van der Waals surface area contributed by atoms with Crippen LogP contribution in [0.3, 0.4) is 0 Å². The molecule has 178 valence electrons. The zero-order valence-corrected chi connectivity index (χ0v) is 18.5. The molecule has 0 unspecified atom stereocenters. The monoisotopic (exact) mass is 487 g/mol. The second kappa shape index (κ2) is 8.51. The van der Waals surface area contributed by atoms with Gasteiger partial charge in [0.15, 0.2) is 0 Å². The van der Waals surface area contributed by atoms with Gasteiger partial charge in [-0.05, 0) is 49.7 Å². The van der Waals surface area contributed by atoms with Crippen LogP contribution < -0.4 is 19.1 Å². The van der Waals surface area contributed by atoms with Crippen molar-refractivity contribution in [2.45, 2.75) is 32.3 Å². The van der Waals surface area contributed by atoms with Crippen molar-refractivity contribution in [3.8, 4) is 5.75 Å². The van der Waals surface area contributed by atoms with Crippen LogP contribution in [-0.4, -0.2) is 49.2 Å². The third-order valence-electron chi connectivity index (χ3n) is 4.90. The average molecular weight is 487 g/mol. The molecular formula is C19H20F3N5O5S. The van der Waals surface area contributed by atoms with Crippen LogP contribution in [0.2, 0.25) is 0 Å². The third kappa shape index (κ3) is 5.17. The Balaban J connectivity index is 1.89. The highest BCUT2D eigenvalue weighted by Gasteiger charge is 2.52. The first-order valence-electron chi connectivity index (χ1n) is 9.41. The number of nitrogens with zero attached hydrogens (tertiary/aromatic N) is 3. The van der Waals surface area contributed by atoms with E-state index in [1.807, 2.05) is 0 Å². The molecule has 33 heavy (non-hydrogen) atoms. The summed E-state index contributed by atoms with van der Waals surface area (Å²) in [5, 5.41) is 0. The first-order valence-corrected chi connectivity index (χ1v) is 10.9. The van der Waals surface area contributed by atoms with Crippen molar-refractivity contribution >= 4 is 33.5 Å². The largest absolute Gasteiger partial charge is 0.573 e. The number of carbonyl (C=O) groups is 2.